The first-order chi connectivity index (χ1) is 62.9. The lowest BCUT2D eigenvalue weighted by molar-refractivity contribution is 1.05. The predicted octanol–water partition coefficient (Wildman–Crippen LogP) is 34.3. The zero-order chi connectivity index (χ0) is 85.1. The van der Waals surface area contributed by atoms with Crippen LogP contribution in [0.2, 0.25) is 0 Å². The number of aryl methyl sites for hydroxylation is 4. The molecule has 0 aliphatic rings. The highest BCUT2D eigenvalue weighted by Gasteiger charge is 2.31. The molecule has 600 valence electrons. The second kappa shape index (κ2) is 26.8. The first-order valence-corrected chi connectivity index (χ1v) is 45.1. The van der Waals surface area contributed by atoms with Crippen LogP contribution >= 0.6 is 0 Å². The van der Waals surface area contributed by atoms with Crippen molar-refractivity contribution in [1.29, 1.82) is 0 Å². The average Bonchev–Trinajstić information content (AvgIpc) is 1.57. The maximum absolute atomic E-state index is 2.62. The molecule has 0 radical (unpaired) electrons. The van der Waals surface area contributed by atoms with Gasteiger partial charge in [0.15, 0.2) is 0 Å². The number of aromatic nitrogens is 4. The Bertz CT molecular complexity index is 9130. The fourth-order valence-corrected chi connectivity index (χ4v) is 23.8. The van der Waals surface area contributed by atoms with Crippen LogP contribution in [0, 0.1) is 55.4 Å². The number of hydrogen-bond acceptors (Lipinski definition) is 0. The summed E-state index contributed by atoms with van der Waals surface area (Å²) in [6.07, 6.45) is 0. The third-order valence-corrected chi connectivity index (χ3v) is 30.1. The SMILES string of the molecule is Cc1c(C)n(-c2c3ccccc3c(-c3cccc4ccccc34)c3ccccc23)c2c1cc1ccc3c4c(ccc2c14)cc1c(C)c(C)n(-c2c4ccccc4c(-c4cccc5ccccc45)c4ccccc24)c13.Cc1c(C)n(-c2cc3ccccc3c3ccccc23)c2c1cc1ccc3c4c(ccc2c14)cc1c(C)c(C)n(-c2cc4ccccc4c4ccccc24)c13. The minimum atomic E-state index is 1.24. The molecule has 0 bridgehead atoms. The third kappa shape index (κ3) is 9.78. The minimum absolute atomic E-state index is 1.24. The van der Waals surface area contributed by atoms with Crippen LogP contribution in [0.25, 0.3) is 261 Å². The number of hydrogen-bond donors (Lipinski definition) is 0. The summed E-state index contributed by atoms with van der Waals surface area (Å²) in [5.74, 6) is 0. The Hall–Kier alpha value is -15.9. The summed E-state index contributed by atoms with van der Waals surface area (Å²) in [5.41, 5.74) is 25.5. The Morgan fingerprint density at radius 2 is 0.383 bits per heavy atom. The fourth-order valence-electron chi connectivity index (χ4n) is 23.8. The van der Waals surface area contributed by atoms with E-state index in [4.69, 9.17) is 0 Å². The Balaban J connectivity index is 0.000000139. The quantitative estimate of drug-likeness (QED) is 0.117. The van der Waals surface area contributed by atoms with Crippen molar-refractivity contribution in [2.45, 2.75) is 55.4 Å². The predicted molar refractivity (Wildman–Crippen MR) is 551 cm³/mol. The lowest BCUT2D eigenvalue weighted by Gasteiger charge is -2.22. The number of fused-ring (bicyclic) bond motifs is 20. The van der Waals surface area contributed by atoms with E-state index in [-0.39, 0.29) is 0 Å². The molecule has 0 amide bonds. The van der Waals surface area contributed by atoms with Crippen LogP contribution in [0.5, 0.6) is 0 Å². The van der Waals surface area contributed by atoms with Crippen molar-refractivity contribution < 1.29 is 0 Å². The van der Waals surface area contributed by atoms with Crippen LogP contribution in [-0.2, 0) is 0 Å². The average molecular weight is 1630 g/mol. The number of rotatable bonds is 6. The first-order valence-electron chi connectivity index (χ1n) is 45.1. The van der Waals surface area contributed by atoms with E-state index in [2.05, 4.69) is 438 Å². The van der Waals surface area contributed by atoms with Crippen LogP contribution in [0.15, 0.2) is 364 Å². The summed E-state index contributed by atoms with van der Waals surface area (Å²) in [6.45, 7) is 18.5. The van der Waals surface area contributed by atoms with E-state index in [1.165, 1.54) is 306 Å². The normalized spacial score (nSPS) is 12.4. The molecule has 0 spiro atoms. The molecule has 0 atom stereocenters. The van der Waals surface area contributed by atoms with Gasteiger partial charge in [-0.25, -0.2) is 0 Å². The van der Waals surface area contributed by atoms with E-state index in [1.54, 1.807) is 0 Å². The van der Waals surface area contributed by atoms with Gasteiger partial charge in [0, 0.05) is 98.2 Å². The second-order valence-corrected chi connectivity index (χ2v) is 36.1. The van der Waals surface area contributed by atoms with E-state index < -0.39 is 0 Å². The molecular formula is C124H84N4. The van der Waals surface area contributed by atoms with Crippen molar-refractivity contribution in [1.82, 2.24) is 18.3 Å². The van der Waals surface area contributed by atoms with Crippen LogP contribution in [0.1, 0.15) is 45.0 Å². The van der Waals surface area contributed by atoms with Gasteiger partial charge >= 0.3 is 0 Å². The summed E-state index contributed by atoms with van der Waals surface area (Å²) in [7, 11) is 0. The molecule has 4 heteroatoms. The van der Waals surface area contributed by atoms with Gasteiger partial charge in [0.05, 0.1) is 44.8 Å². The van der Waals surface area contributed by atoms with Gasteiger partial charge in [0.25, 0.3) is 0 Å². The molecule has 28 aromatic rings. The molecule has 4 aromatic heterocycles. The van der Waals surface area contributed by atoms with Gasteiger partial charge in [0.1, 0.15) is 0 Å². The highest BCUT2D eigenvalue weighted by atomic mass is 15.0. The molecular weight excluding hydrogens is 1550 g/mol. The largest absolute Gasteiger partial charge is 0.312 e. The lowest BCUT2D eigenvalue weighted by atomic mass is 9.88. The highest BCUT2D eigenvalue weighted by molar-refractivity contribution is 6.36. The van der Waals surface area contributed by atoms with Crippen molar-refractivity contribution in [3.8, 4) is 45.0 Å². The topological polar surface area (TPSA) is 19.7 Å². The lowest BCUT2D eigenvalue weighted by Crippen LogP contribution is -2.02. The molecule has 0 saturated heterocycles. The molecule has 0 N–H and O–H groups in total. The van der Waals surface area contributed by atoms with Crippen molar-refractivity contribution in [2.24, 2.45) is 0 Å². The van der Waals surface area contributed by atoms with Gasteiger partial charge in [0.2, 0.25) is 0 Å². The summed E-state index contributed by atoms with van der Waals surface area (Å²) in [4.78, 5) is 0. The van der Waals surface area contributed by atoms with E-state index in [0.29, 0.717) is 0 Å². The molecule has 0 aliphatic carbocycles. The molecule has 0 aliphatic heterocycles. The Morgan fingerprint density at radius 1 is 0.148 bits per heavy atom. The van der Waals surface area contributed by atoms with Crippen molar-refractivity contribution in [3.05, 3.63) is 409 Å². The number of nitrogens with zero attached hydrogens (tertiary/aromatic N) is 4. The molecule has 0 unspecified atom stereocenters. The Labute approximate surface area is 738 Å². The van der Waals surface area contributed by atoms with Gasteiger partial charge in [-0.15, -0.1) is 0 Å². The van der Waals surface area contributed by atoms with Crippen LogP contribution < -0.4 is 0 Å². The van der Waals surface area contributed by atoms with Crippen LogP contribution in [0.4, 0.5) is 0 Å². The van der Waals surface area contributed by atoms with Gasteiger partial charge in [-0.2, -0.15) is 0 Å². The van der Waals surface area contributed by atoms with Gasteiger partial charge in [-0.05, 0) is 255 Å². The third-order valence-electron chi connectivity index (χ3n) is 30.1. The maximum Gasteiger partial charge on any atom is 0.0616 e. The summed E-state index contributed by atoms with van der Waals surface area (Å²) in [6, 6.07) is 137. The minimum Gasteiger partial charge on any atom is -0.312 e. The number of benzene rings is 24. The van der Waals surface area contributed by atoms with E-state index >= 15 is 0 Å². The molecule has 128 heavy (non-hydrogen) atoms. The van der Waals surface area contributed by atoms with Gasteiger partial charge in [-0.1, -0.05) is 328 Å². The second-order valence-electron chi connectivity index (χ2n) is 36.1. The monoisotopic (exact) mass is 1630 g/mol. The maximum atomic E-state index is 2.62. The highest BCUT2D eigenvalue weighted by Crippen LogP contribution is 2.54. The van der Waals surface area contributed by atoms with Crippen LogP contribution in [-0.4, -0.2) is 18.3 Å². The zero-order valence-corrected chi connectivity index (χ0v) is 72.4. The summed E-state index contributed by atoms with van der Waals surface area (Å²) < 4.78 is 10.4. The van der Waals surface area contributed by atoms with Crippen molar-refractivity contribution >= 4 is 216 Å². The standard InChI is InChI=1S/C72H48N2.C52H36N2/c1-41-43(3)73(69-57-29-13-9-25-53(57)67(54-26-10-14-30-58(54)69)51-33-17-21-45-19-5-7-23-49(45)51)71-61-37-36-48-40-64-42(2)44(4)74(72(64)62-38-35-47(39-63(41)71)65(61)66(48)62)70-59-31-15-11-27-55(59)68(56-28-12-16-32-60(56)70)52-34-18-22-46-20-6-8-24-50(46)52;1-29-31(3)53(47-27-33-13-5-7-15-37(33)39-17-9-11-19-41(39)47)51-43-23-22-36-26-46-30(2)32(4)54(52(46)44-24-21-35(25-45(29)51)49(43)50(36)44)48-28-34-14-6-8-16-38(34)40-18-10-12-20-42(40)48/h5-40H,1-4H3;5-28H,1-4H3. The fraction of sp³-hybridized carbons (Fsp3) is 0.0645. The molecule has 4 heterocycles. The summed E-state index contributed by atoms with van der Waals surface area (Å²) in [5, 5.41) is 46.1. The molecule has 28 rings (SSSR count). The Morgan fingerprint density at radius 3 is 0.695 bits per heavy atom. The first kappa shape index (κ1) is 72.6. The molecule has 0 fully saturated rings. The molecule has 24 aromatic carbocycles. The van der Waals surface area contributed by atoms with Gasteiger partial charge in [-0.3, -0.25) is 0 Å². The molecule has 0 saturated carbocycles. The van der Waals surface area contributed by atoms with E-state index in [1.807, 2.05) is 0 Å². The van der Waals surface area contributed by atoms with Gasteiger partial charge < -0.3 is 18.3 Å². The van der Waals surface area contributed by atoms with Crippen molar-refractivity contribution in [3.63, 3.8) is 0 Å². The molecule has 4 nitrogen and oxygen atoms in total. The van der Waals surface area contributed by atoms with Crippen molar-refractivity contribution in [2.75, 3.05) is 0 Å². The smallest absolute Gasteiger partial charge is 0.0616 e. The Kier molecular flexibility index (Phi) is 15.2. The van der Waals surface area contributed by atoms with E-state index in [9.17, 15) is 0 Å². The summed E-state index contributed by atoms with van der Waals surface area (Å²) >= 11 is 0. The van der Waals surface area contributed by atoms with E-state index in [0.717, 1.165) is 0 Å². The zero-order valence-electron chi connectivity index (χ0n) is 72.4. The van der Waals surface area contributed by atoms with Crippen LogP contribution in [0.3, 0.4) is 0 Å².